The minimum Gasteiger partial charge on any atom is -0.507 e. The Hall–Kier alpha value is -3.81. The van der Waals surface area contributed by atoms with E-state index in [1.807, 2.05) is 6.07 Å². The van der Waals surface area contributed by atoms with Crippen molar-refractivity contribution in [2.75, 3.05) is 13.2 Å². The molecule has 1 atom stereocenters. The minimum atomic E-state index is -0.782. The van der Waals surface area contributed by atoms with Gasteiger partial charge in [0.25, 0.3) is 0 Å². The summed E-state index contributed by atoms with van der Waals surface area (Å²) in [5.74, 6) is -1.60. The maximum atomic E-state index is 12.7. The van der Waals surface area contributed by atoms with Crippen molar-refractivity contribution in [3.8, 4) is 5.75 Å². The van der Waals surface area contributed by atoms with Crippen LogP contribution in [0.25, 0.3) is 0 Å². The second kappa shape index (κ2) is 9.13. The molecule has 1 heterocycles. The van der Waals surface area contributed by atoms with E-state index in [-0.39, 0.29) is 35.8 Å². The van der Waals surface area contributed by atoms with Gasteiger partial charge in [-0.3, -0.25) is 0 Å². The van der Waals surface area contributed by atoms with Crippen molar-refractivity contribution in [1.82, 2.24) is 10.6 Å². The van der Waals surface area contributed by atoms with Crippen LogP contribution in [0.15, 0.2) is 59.8 Å². The molecular weight excluding hydrogens is 388 g/mol. The first-order valence-electron chi connectivity index (χ1n) is 9.40. The number of carbonyl (C=O) groups excluding carboxylic acids is 3. The molecule has 0 saturated carbocycles. The molecule has 1 aliphatic rings. The molecule has 3 rings (SSSR count). The van der Waals surface area contributed by atoms with E-state index < -0.39 is 24.0 Å². The number of phenols is 1. The summed E-state index contributed by atoms with van der Waals surface area (Å²) in [6, 6.07) is 12.3. The van der Waals surface area contributed by atoms with Gasteiger partial charge in [-0.25, -0.2) is 14.4 Å². The molecule has 2 aromatic carbocycles. The van der Waals surface area contributed by atoms with Crippen LogP contribution in [0, 0.1) is 6.92 Å². The number of amides is 2. The zero-order valence-electron chi connectivity index (χ0n) is 16.6. The predicted molar refractivity (Wildman–Crippen MR) is 108 cm³/mol. The van der Waals surface area contributed by atoms with Crippen LogP contribution in [-0.2, 0) is 14.3 Å². The molecule has 0 aromatic heterocycles. The van der Waals surface area contributed by atoms with Crippen LogP contribution in [-0.4, -0.2) is 36.3 Å². The van der Waals surface area contributed by atoms with E-state index in [0.29, 0.717) is 11.1 Å². The van der Waals surface area contributed by atoms with Crippen molar-refractivity contribution in [3.63, 3.8) is 0 Å². The summed E-state index contributed by atoms with van der Waals surface area (Å²) in [7, 11) is 0. The Kier molecular flexibility index (Phi) is 6.36. The molecule has 0 aliphatic carbocycles. The number of aryl methyl sites for hydroxylation is 1. The van der Waals surface area contributed by atoms with E-state index in [1.54, 1.807) is 50.2 Å². The molecule has 0 radical (unpaired) electrons. The molecule has 8 nitrogen and oxygen atoms in total. The lowest BCUT2D eigenvalue weighted by atomic mass is 9.95. The van der Waals surface area contributed by atoms with Crippen molar-refractivity contribution < 1.29 is 29.0 Å². The number of esters is 2. The summed E-state index contributed by atoms with van der Waals surface area (Å²) < 4.78 is 10.4. The van der Waals surface area contributed by atoms with Gasteiger partial charge in [0.2, 0.25) is 0 Å². The van der Waals surface area contributed by atoms with Crippen molar-refractivity contribution in [2.45, 2.75) is 19.9 Å². The lowest BCUT2D eigenvalue weighted by Crippen LogP contribution is -2.47. The van der Waals surface area contributed by atoms with E-state index in [2.05, 4.69) is 10.6 Å². The topological polar surface area (TPSA) is 114 Å². The number of hydrogen-bond acceptors (Lipinski definition) is 6. The fourth-order valence-electron chi connectivity index (χ4n) is 3.12. The number of carbonyl (C=O) groups is 3. The molecule has 0 fully saturated rings. The third-order valence-electron chi connectivity index (χ3n) is 4.59. The smallest absolute Gasteiger partial charge is 0.342 e. The summed E-state index contributed by atoms with van der Waals surface area (Å²) in [6.45, 7) is 3.09. The molecular formula is C22H22N2O6. The Balaban J connectivity index is 1.93. The van der Waals surface area contributed by atoms with E-state index in [9.17, 15) is 19.5 Å². The third-order valence-corrected chi connectivity index (χ3v) is 4.59. The number of benzene rings is 2. The van der Waals surface area contributed by atoms with Crippen LogP contribution < -0.4 is 10.6 Å². The SMILES string of the molecule is CCOC(=O)C1=C(COC(=O)c2cccc(C)c2O)NC(=O)N[C@@H]1c1ccccc1. The summed E-state index contributed by atoms with van der Waals surface area (Å²) in [5.41, 5.74) is 1.45. The molecule has 2 amide bonds. The highest BCUT2D eigenvalue weighted by Crippen LogP contribution is 2.28. The Labute approximate surface area is 173 Å². The van der Waals surface area contributed by atoms with Gasteiger partial charge in [0.1, 0.15) is 17.9 Å². The first-order chi connectivity index (χ1) is 14.4. The molecule has 3 N–H and O–H groups in total. The van der Waals surface area contributed by atoms with Crippen molar-refractivity contribution in [1.29, 1.82) is 0 Å². The van der Waals surface area contributed by atoms with Crippen LogP contribution in [0.3, 0.4) is 0 Å². The molecule has 8 heteroatoms. The van der Waals surface area contributed by atoms with Gasteiger partial charge < -0.3 is 25.2 Å². The zero-order chi connectivity index (χ0) is 21.7. The molecule has 0 bridgehead atoms. The largest absolute Gasteiger partial charge is 0.507 e. The van der Waals surface area contributed by atoms with E-state index in [4.69, 9.17) is 9.47 Å². The highest BCUT2D eigenvalue weighted by Gasteiger charge is 2.34. The van der Waals surface area contributed by atoms with E-state index >= 15 is 0 Å². The van der Waals surface area contributed by atoms with Gasteiger partial charge in [-0.1, -0.05) is 42.5 Å². The average molecular weight is 410 g/mol. The number of aromatic hydroxyl groups is 1. The summed E-state index contributed by atoms with van der Waals surface area (Å²) in [4.78, 5) is 37.3. The van der Waals surface area contributed by atoms with Gasteiger partial charge in [-0.15, -0.1) is 0 Å². The summed E-state index contributed by atoms with van der Waals surface area (Å²) in [5, 5.41) is 15.3. The first-order valence-corrected chi connectivity index (χ1v) is 9.40. The Bertz CT molecular complexity index is 1000. The fourth-order valence-corrected chi connectivity index (χ4v) is 3.12. The van der Waals surface area contributed by atoms with Crippen LogP contribution in [0.5, 0.6) is 5.75 Å². The van der Waals surface area contributed by atoms with Gasteiger partial charge in [0.15, 0.2) is 0 Å². The summed E-state index contributed by atoms with van der Waals surface area (Å²) >= 11 is 0. The van der Waals surface area contributed by atoms with Crippen molar-refractivity contribution in [2.24, 2.45) is 0 Å². The number of rotatable bonds is 6. The quantitative estimate of drug-likeness (QED) is 0.631. The number of ether oxygens (including phenoxy) is 2. The van der Waals surface area contributed by atoms with E-state index in [0.717, 1.165) is 0 Å². The molecule has 156 valence electrons. The second-order valence-corrected chi connectivity index (χ2v) is 6.60. The Morgan fingerprint density at radius 1 is 1.03 bits per heavy atom. The van der Waals surface area contributed by atoms with Gasteiger partial charge in [-0.05, 0) is 31.0 Å². The van der Waals surface area contributed by atoms with Crippen LogP contribution >= 0.6 is 0 Å². The number of para-hydroxylation sites is 1. The fraction of sp³-hybridized carbons (Fsp3) is 0.227. The molecule has 2 aromatic rings. The van der Waals surface area contributed by atoms with Crippen LogP contribution in [0.2, 0.25) is 0 Å². The number of phenolic OH excluding ortho intramolecular Hbond substituents is 1. The van der Waals surface area contributed by atoms with Gasteiger partial charge in [0, 0.05) is 0 Å². The molecule has 0 spiro atoms. The monoisotopic (exact) mass is 410 g/mol. The number of hydrogen-bond donors (Lipinski definition) is 3. The lowest BCUT2D eigenvalue weighted by Gasteiger charge is -2.29. The Morgan fingerprint density at radius 2 is 1.77 bits per heavy atom. The van der Waals surface area contributed by atoms with Crippen molar-refractivity contribution >= 4 is 18.0 Å². The summed E-state index contributed by atoms with van der Waals surface area (Å²) in [6.07, 6.45) is 0. The normalized spacial score (nSPS) is 15.8. The van der Waals surface area contributed by atoms with Crippen LogP contribution in [0.4, 0.5) is 4.79 Å². The second-order valence-electron chi connectivity index (χ2n) is 6.60. The van der Waals surface area contributed by atoms with Gasteiger partial charge in [0.05, 0.1) is 23.9 Å². The molecule has 0 saturated heterocycles. The zero-order valence-corrected chi connectivity index (χ0v) is 16.6. The standard InChI is InChI=1S/C22H22N2O6/c1-3-29-21(27)17-16(12-30-20(26)15-11-7-8-13(2)19(15)25)23-22(28)24-18(17)14-9-5-4-6-10-14/h4-11,18,25H,3,12H2,1-2H3,(H2,23,24,28)/t18-/m1/s1. The minimum absolute atomic E-state index is 0.00634. The maximum absolute atomic E-state index is 12.7. The number of urea groups is 1. The van der Waals surface area contributed by atoms with Crippen molar-refractivity contribution in [3.05, 3.63) is 76.5 Å². The van der Waals surface area contributed by atoms with Gasteiger partial charge in [-0.2, -0.15) is 0 Å². The maximum Gasteiger partial charge on any atom is 0.342 e. The number of nitrogens with one attached hydrogen (secondary N) is 2. The molecule has 30 heavy (non-hydrogen) atoms. The highest BCUT2D eigenvalue weighted by molar-refractivity contribution is 5.96. The average Bonchev–Trinajstić information content (AvgIpc) is 2.74. The highest BCUT2D eigenvalue weighted by atomic mass is 16.5. The van der Waals surface area contributed by atoms with Crippen LogP contribution in [0.1, 0.15) is 34.5 Å². The molecule has 1 aliphatic heterocycles. The Morgan fingerprint density at radius 3 is 2.47 bits per heavy atom. The molecule has 0 unspecified atom stereocenters. The van der Waals surface area contributed by atoms with E-state index in [1.165, 1.54) is 6.07 Å². The first kappa shape index (κ1) is 20.9. The van der Waals surface area contributed by atoms with Gasteiger partial charge >= 0.3 is 18.0 Å². The predicted octanol–water partition coefficient (Wildman–Crippen LogP) is 2.73. The third kappa shape index (κ3) is 4.43. The lowest BCUT2D eigenvalue weighted by molar-refractivity contribution is -0.139.